The summed E-state index contributed by atoms with van der Waals surface area (Å²) >= 11 is 0. The molecule has 0 aliphatic carbocycles. The van der Waals surface area contributed by atoms with E-state index in [0.717, 1.165) is 5.57 Å². The third kappa shape index (κ3) is 3.91. The summed E-state index contributed by atoms with van der Waals surface area (Å²) in [5.74, 6) is 0.0173. The Morgan fingerprint density at radius 3 is 2.52 bits per heavy atom. The lowest BCUT2D eigenvalue weighted by molar-refractivity contribution is 0.364. The second kappa shape index (κ2) is 8.36. The summed E-state index contributed by atoms with van der Waals surface area (Å²) in [6.45, 7) is 2.12. The molecular weight excluding hydrogens is 395 g/mol. The van der Waals surface area contributed by atoms with Gasteiger partial charge in [0.25, 0.3) is 0 Å². The van der Waals surface area contributed by atoms with Gasteiger partial charge in [-0.05, 0) is 37.3 Å². The van der Waals surface area contributed by atoms with Gasteiger partial charge in [0, 0.05) is 24.3 Å². The van der Waals surface area contributed by atoms with Crippen LogP contribution in [0.2, 0.25) is 0 Å². The molecule has 1 aliphatic rings. The minimum absolute atomic E-state index is 0.0279. The van der Waals surface area contributed by atoms with Gasteiger partial charge in [-0.3, -0.25) is 0 Å². The molecule has 6 nitrogen and oxygen atoms in total. The van der Waals surface area contributed by atoms with Gasteiger partial charge < -0.3 is 15.2 Å². The van der Waals surface area contributed by atoms with Crippen molar-refractivity contribution in [3.8, 4) is 17.2 Å². The van der Waals surface area contributed by atoms with E-state index in [1.807, 2.05) is 12.2 Å². The normalized spacial score (nSPS) is 19.0. The van der Waals surface area contributed by atoms with Crippen molar-refractivity contribution in [2.75, 3.05) is 26.0 Å². The van der Waals surface area contributed by atoms with Crippen LogP contribution in [-0.2, 0) is 10.0 Å². The number of sulfonamides is 1. The fourth-order valence-corrected chi connectivity index (χ4v) is 4.76. The van der Waals surface area contributed by atoms with Gasteiger partial charge in [-0.15, -0.1) is 0 Å². The highest BCUT2D eigenvalue weighted by molar-refractivity contribution is 7.91. The Morgan fingerprint density at radius 1 is 1.17 bits per heavy atom. The van der Waals surface area contributed by atoms with Crippen LogP contribution in [0.1, 0.15) is 6.92 Å². The molecule has 2 aromatic carbocycles. The van der Waals surface area contributed by atoms with Crippen molar-refractivity contribution in [2.45, 2.75) is 6.92 Å². The van der Waals surface area contributed by atoms with Gasteiger partial charge in [-0.2, -0.15) is 12.3 Å². The number of hydrogen-bond donors (Lipinski definition) is 1. The molecule has 2 aromatic rings. The Kier molecular flexibility index (Phi) is 6.07. The average Bonchev–Trinajstić information content (AvgIpc) is 2.75. The first kappa shape index (κ1) is 21.0. The fraction of sp³-hybridized carbons (Fsp3) is 0.238. The monoisotopic (exact) mass is 419 g/mol. The Hall–Kier alpha value is -2.68. The minimum Gasteiger partial charge on any atom is -0.493 e. The zero-order valence-electron chi connectivity index (χ0n) is 16.3. The Labute approximate surface area is 170 Å². The molecular formula is C21H24FN2O4S+. The van der Waals surface area contributed by atoms with Crippen molar-refractivity contribution in [3.63, 3.8) is 0 Å². The van der Waals surface area contributed by atoms with Crippen molar-refractivity contribution in [1.82, 2.24) is 3.89 Å². The van der Waals surface area contributed by atoms with Crippen molar-refractivity contribution in [3.05, 3.63) is 72.2 Å². The van der Waals surface area contributed by atoms with E-state index in [9.17, 15) is 12.8 Å². The second-order valence-electron chi connectivity index (χ2n) is 6.53. The summed E-state index contributed by atoms with van der Waals surface area (Å²) in [6, 6.07) is 11.0. The van der Waals surface area contributed by atoms with Crippen LogP contribution in [0.15, 0.2) is 66.4 Å². The Morgan fingerprint density at radius 2 is 1.90 bits per heavy atom. The number of quaternary nitrogens is 1. The number of ether oxygens (including phenoxy) is 2. The molecule has 2 N–H and O–H groups in total. The highest BCUT2D eigenvalue weighted by Gasteiger charge is 2.42. The summed E-state index contributed by atoms with van der Waals surface area (Å²) in [5.41, 5.74) is 7.04. The summed E-state index contributed by atoms with van der Waals surface area (Å²) in [4.78, 5) is 0. The van der Waals surface area contributed by atoms with Gasteiger partial charge in [0.2, 0.25) is 5.75 Å². The lowest BCUT2D eigenvalue weighted by Gasteiger charge is -2.34. The summed E-state index contributed by atoms with van der Waals surface area (Å²) < 4.78 is 50.6. The van der Waals surface area contributed by atoms with Crippen LogP contribution in [0.3, 0.4) is 0 Å². The van der Waals surface area contributed by atoms with Crippen LogP contribution >= 0.6 is 0 Å². The molecule has 1 aliphatic heterocycles. The van der Waals surface area contributed by atoms with Crippen molar-refractivity contribution in [1.29, 1.82) is 0 Å². The number of halogens is 1. The predicted octanol–water partition coefficient (Wildman–Crippen LogP) is 3.70. The topological polar surface area (TPSA) is 78.6 Å². The molecule has 1 atom stereocenters. The largest absolute Gasteiger partial charge is 0.493 e. The van der Waals surface area contributed by atoms with Crippen LogP contribution < -0.4 is 19.1 Å². The first-order chi connectivity index (χ1) is 13.9. The maximum atomic E-state index is 14.1. The van der Waals surface area contributed by atoms with E-state index in [1.54, 1.807) is 43.5 Å². The first-order valence-corrected chi connectivity index (χ1v) is 10.8. The SMILES string of the molecule is CCS(=O)(=O)[N+]1(c2ccc(Oc3c(F)cccc3OC)cc2)C=C(CN)C=CC1. The first-order valence-electron chi connectivity index (χ1n) is 9.17. The lowest BCUT2D eigenvalue weighted by atomic mass is 10.2. The van der Waals surface area contributed by atoms with Crippen LogP contribution in [0.4, 0.5) is 10.1 Å². The standard InChI is InChI=1S/C21H24FN2O4S/c1-3-29(25,26)24(13-5-6-16(14-23)15-24)17-9-11-18(12-10-17)28-21-19(22)7-4-8-20(21)27-2/h4-12,15H,3,13-14,23H2,1-2H3/q+1. The molecule has 0 saturated carbocycles. The maximum absolute atomic E-state index is 14.1. The molecule has 154 valence electrons. The molecule has 0 saturated heterocycles. The summed E-state index contributed by atoms with van der Waals surface area (Å²) in [5, 5.41) is 0. The molecule has 1 heterocycles. The van der Waals surface area contributed by atoms with Gasteiger partial charge in [0.1, 0.15) is 18.5 Å². The van der Waals surface area contributed by atoms with Gasteiger partial charge in [0.15, 0.2) is 17.3 Å². The van der Waals surface area contributed by atoms with Crippen molar-refractivity contribution < 1.29 is 22.3 Å². The summed E-state index contributed by atoms with van der Waals surface area (Å²) in [6.07, 6.45) is 5.32. The highest BCUT2D eigenvalue weighted by atomic mass is 32.2. The maximum Gasteiger partial charge on any atom is 0.306 e. The molecule has 0 amide bonds. The molecule has 1 unspecified atom stereocenters. The zero-order chi connectivity index (χ0) is 21.1. The third-order valence-electron chi connectivity index (χ3n) is 4.82. The molecule has 0 bridgehead atoms. The predicted molar refractivity (Wildman–Crippen MR) is 112 cm³/mol. The molecule has 0 radical (unpaired) electrons. The number of rotatable bonds is 7. The van der Waals surface area contributed by atoms with Crippen molar-refractivity contribution in [2.24, 2.45) is 5.73 Å². The lowest BCUT2D eigenvalue weighted by Crippen LogP contribution is -2.51. The summed E-state index contributed by atoms with van der Waals surface area (Å²) in [7, 11) is -2.10. The van der Waals surface area contributed by atoms with Crippen LogP contribution in [-0.4, -0.2) is 34.4 Å². The molecule has 29 heavy (non-hydrogen) atoms. The Balaban J connectivity index is 2.00. The number of methoxy groups -OCH3 is 1. The molecule has 0 aromatic heterocycles. The smallest absolute Gasteiger partial charge is 0.306 e. The molecule has 8 heteroatoms. The fourth-order valence-electron chi connectivity index (χ4n) is 3.24. The average molecular weight is 419 g/mol. The number of para-hydroxylation sites is 1. The van der Waals surface area contributed by atoms with E-state index in [4.69, 9.17) is 15.2 Å². The van der Waals surface area contributed by atoms with E-state index in [2.05, 4.69) is 0 Å². The van der Waals surface area contributed by atoms with Crippen LogP contribution in [0, 0.1) is 5.82 Å². The quantitative estimate of drug-likeness (QED) is 0.693. The number of nitrogens with zero attached hydrogens (tertiary/aromatic N) is 1. The van der Waals surface area contributed by atoms with E-state index >= 15 is 0 Å². The van der Waals surface area contributed by atoms with Crippen LogP contribution in [0.25, 0.3) is 0 Å². The van der Waals surface area contributed by atoms with E-state index < -0.39 is 15.8 Å². The van der Waals surface area contributed by atoms with E-state index in [-0.39, 0.29) is 34.2 Å². The number of hydrogen-bond acceptors (Lipinski definition) is 5. The number of nitrogens with two attached hydrogens (primary N) is 1. The Bertz CT molecular complexity index is 1050. The molecule has 0 fully saturated rings. The second-order valence-corrected chi connectivity index (χ2v) is 8.92. The van der Waals surface area contributed by atoms with Gasteiger partial charge in [0.05, 0.1) is 12.9 Å². The highest BCUT2D eigenvalue weighted by Crippen LogP contribution is 2.37. The van der Waals surface area contributed by atoms with Gasteiger partial charge >= 0.3 is 10.0 Å². The van der Waals surface area contributed by atoms with Gasteiger partial charge in [-0.1, -0.05) is 12.1 Å². The van der Waals surface area contributed by atoms with Crippen molar-refractivity contribution >= 4 is 15.7 Å². The van der Waals surface area contributed by atoms with E-state index in [0.29, 0.717) is 11.4 Å². The zero-order valence-corrected chi connectivity index (χ0v) is 17.2. The molecule has 3 rings (SSSR count). The van der Waals surface area contributed by atoms with Gasteiger partial charge in [-0.25, -0.2) is 4.39 Å². The van der Waals surface area contributed by atoms with E-state index in [1.165, 1.54) is 19.2 Å². The molecule has 0 spiro atoms. The minimum atomic E-state index is -3.53. The number of benzene rings is 2. The third-order valence-corrected chi connectivity index (χ3v) is 7.01. The van der Waals surface area contributed by atoms with Crippen LogP contribution in [0.5, 0.6) is 17.2 Å².